The first-order valence-corrected chi connectivity index (χ1v) is 5.86. The lowest BCUT2D eigenvalue weighted by Crippen LogP contribution is -2.49. The number of benzene rings is 1. The predicted molar refractivity (Wildman–Crippen MR) is 66.0 cm³/mol. The van der Waals surface area contributed by atoms with E-state index in [-0.39, 0.29) is 11.7 Å². The molecule has 1 aliphatic rings. The van der Waals surface area contributed by atoms with Gasteiger partial charge in [0.2, 0.25) is 0 Å². The molecule has 1 saturated heterocycles. The number of ether oxygens (including phenoxy) is 1. The minimum Gasteiger partial charge on any atom is -0.378 e. The Bertz CT molecular complexity index is 408. The van der Waals surface area contributed by atoms with Gasteiger partial charge >= 0.3 is 6.03 Å². The zero-order valence-corrected chi connectivity index (χ0v) is 9.91. The third-order valence-corrected chi connectivity index (χ3v) is 2.63. The lowest BCUT2D eigenvalue weighted by Gasteiger charge is -2.23. The number of para-hydroxylation sites is 1. The third kappa shape index (κ3) is 3.68. The summed E-state index contributed by atoms with van der Waals surface area (Å²) < 4.78 is 18.5. The van der Waals surface area contributed by atoms with Crippen molar-refractivity contribution in [2.75, 3.05) is 31.6 Å². The fraction of sp³-hybridized carbons (Fsp3) is 0.417. The van der Waals surface area contributed by atoms with E-state index in [1.54, 1.807) is 12.1 Å². The Kier molecular flexibility index (Phi) is 4.49. The molecule has 1 aliphatic heterocycles. The van der Waals surface area contributed by atoms with Gasteiger partial charge < -0.3 is 20.7 Å². The molecule has 18 heavy (non-hydrogen) atoms. The van der Waals surface area contributed by atoms with E-state index in [4.69, 9.17) is 4.74 Å². The minimum absolute atomic E-state index is 0.102. The van der Waals surface area contributed by atoms with Crippen LogP contribution < -0.4 is 16.0 Å². The standard InChI is InChI=1S/C12H16FN3O2/c13-10-3-1-2-4-11(10)16-12(17)15-7-9-8-18-6-5-14-9/h1-4,9,14H,5-8H2,(H2,15,16,17). The number of amides is 2. The van der Waals surface area contributed by atoms with E-state index in [0.29, 0.717) is 19.8 Å². The van der Waals surface area contributed by atoms with E-state index in [9.17, 15) is 9.18 Å². The summed E-state index contributed by atoms with van der Waals surface area (Å²) in [4.78, 5) is 11.5. The van der Waals surface area contributed by atoms with Gasteiger partial charge in [-0.1, -0.05) is 12.1 Å². The Labute approximate surface area is 105 Å². The fourth-order valence-electron chi connectivity index (χ4n) is 1.70. The van der Waals surface area contributed by atoms with Crippen LogP contribution in [0.15, 0.2) is 24.3 Å². The van der Waals surface area contributed by atoms with Gasteiger partial charge in [-0.15, -0.1) is 0 Å². The maximum atomic E-state index is 13.3. The topological polar surface area (TPSA) is 62.4 Å². The van der Waals surface area contributed by atoms with Crippen molar-refractivity contribution in [3.05, 3.63) is 30.1 Å². The molecule has 0 aromatic heterocycles. The maximum Gasteiger partial charge on any atom is 0.319 e. The minimum atomic E-state index is -0.452. The average molecular weight is 253 g/mol. The van der Waals surface area contributed by atoms with Crippen molar-refractivity contribution in [1.82, 2.24) is 10.6 Å². The molecule has 0 spiro atoms. The average Bonchev–Trinajstić information content (AvgIpc) is 2.40. The Morgan fingerprint density at radius 1 is 1.50 bits per heavy atom. The number of nitrogens with one attached hydrogen (secondary N) is 3. The van der Waals surface area contributed by atoms with E-state index in [1.165, 1.54) is 12.1 Å². The van der Waals surface area contributed by atoms with E-state index < -0.39 is 11.8 Å². The molecule has 98 valence electrons. The van der Waals surface area contributed by atoms with Crippen molar-refractivity contribution in [2.45, 2.75) is 6.04 Å². The summed E-state index contributed by atoms with van der Waals surface area (Å²) in [5.74, 6) is -0.452. The van der Waals surface area contributed by atoms with Crippen LogP contribution in [0, 0.1) is 5.82 Å². The van der Waals surface area contributed by atoms with Crippen LogP contribution in [0.3, 0.4) is 0 Å². The number of carbonyl (C=O) groups is 1. The molecule has 0 bridgehead atoms. The summed E-state index contributed by atoms with van der Waals surface area (Å²) in [5.41, 5.74) is 0.169. The van der Waals surface area contributed by atoms with E-state index >= 15 is 0 Å². The number of carbonyl (C=O) groups excluding carboxylic acids is 1. The first-order chi connectivity index (χ1) is 8.75. The molecule has 0 radical (unpaired) electrons. The van der Waals surface area contributed by atoms with Crippen molar-refractivity contribution in [3.8, 4) is 0 Å². The Morgan fingerprint density at radius 3 is 3.06 bits per heavy atom. The molecule has 1 unspecified atom stereocenters. The molecule has 0 saturated carbocycles. The van der Waals surface area contributed by atoms with Gasteiger partial charge in [0.05, 0.1) is 18.9 Å². The van der Waals surface area contributed by atoms with Gasteiger partial charge in [-0.05, 0) is 12.1 Å². The van der Waals surface area contributed by atoms with Crippen LogP contribution >= 0.6 is 0 Å². The van der Waals surface area contributed by atoms with Crippen LogP contribution in [0.2, 0.25) is 0 Å². The number of morpholine rings is 1. The second kappa shape index (κ2) is 6.32. The molecule has 6 heteroatoms. The van der Waals surface area contributed by atoms with Crippen LogP contribution in [0.25, 0.3) is 0 Å². The van der Waals surface area contributed by atoms with Crippen molar-refractivity contribution in [2.24, 2.45) is 0 Å². The van der Waals surface area contributed by atoms with Crippen molar-refractivity contribution in [3.63, 3.8) is 0 Å². The highest BCUT2D eigenvalue weighted by atomic mass is 19.1. The zero-order valence-electron chi connectivity index (χ0n) is 9.91. The molecule has 1 heterocycles. The largest absolute Gasteiger partial charge is 0.378 e. The summed E-state index contributed by atoms with van der Waals surface area (Å²) >= 11 is 0. The molecule has 5 nitrogen and oxygen atoms in total. The molecule has 2 rings (SSSR count). The number of rotatable bonds is 3. The highest BCUT2D eigenvalue weighted by Crippen LogP contribution is 2.11. The summed E-state index contributed by atoms with van der Waals surface area (Å²) in [6.45, 7) is 2.49. The number of hydrogen-bond acceptors (Lipinski definition) is 3. The van der Waals surface area contributed by atoms with Crippen LogP contribution in [-0.4, -0.2) is 38.4 Å². The van der Waals surface area contributed by atoms with Gasteiger partial charge in [-0.25, -0.2) is 9.18 Å². The first-order valence-electron chi connectivity index (χ1n) is 5.86. The van der Waals surface area contributed by atoms with Crippen molar-refractivity contribution >= 4 is 11.7 Å². The summed E-state index contributed by atoms with van der Waals surface area (Å²) in [5, 5.41) is 8.33. The first kappa shape index (κ1) is 12.8. The molecule has 1 fully saturated rings. The second-order valence-corrected chi connectivity index (χ2v) is 4.04. The smallest absolute Gasteiger partial charge is 0.319 e. The van der Waals surface area contributed by atoms with Crippen LogP contribution in [0.5, 0.6) is 0 Å². The van der Waals surface area contributed by atoms with Crippen LogP contribution in [0.1, 0.15) is 0 Å². The summed E-state index contributed by atoms with van der Waals surface area (Å²) in [6, 6.07) is 5.72. The Hall–Kier alpha value is -1.66. The summed E-state index contributed by atoms with van der Waals surface area (Å²) in [7, 11) is 0. The zero-order chi connectivity index (χ0) is 12.8. The Balaban J connectivity index is 1.76. The normalized spacial score (nSPS) is 19.3. The monoisotopic (exact) mass is 253 g/mol. The van der Waals surface area contributed by atoms with Gasteiger partial charge in [0.1, 0.15) is 5.82 Å². The molecule has 1 aromatic rings. The number of hydrogen-bond donors (Lipinski definition) is 3. The van der Waals surface area contributed by atoms with E-state index in [0.717, 1.165) is 6.54 Å². The van der Waals surface area contributed by atoms with Crippen molar-refractivity contribution < 1.29 is 13.9 Å². The molecular weight excluding hydrogens is 237 g/mol. The third-order valence-electron chi connectivity index (χ3n) is 2.63. The summed E-state index contributed by atoms with van der Waals surface area (Å²) in [6.07, 6.45) is 0. The molecule has 3 N–H and O–H groups in total. The van der Waals surface area contributed by atoms with Crippen LogP contribution in [0.4, 0.5) is 14.9 Å². The van der Waals surface area contributed by atoms with Gasteiger partial charge in [0.15, 0.2) is 0 Å². The van der Waals surface area contributed by atoms with Gasteiger partial charge in [-0.2, -0.15) is 0 Å². The number of halogens is 1. The molecule has 0 aliphatic carbocycles. The van der Waals surface area contributed by atoms with Gasteiger partial charge in [-0.3, -0.25) is 0 Å². The molecule has 1 atom stereocenters. The highest BCUT2D eigenvalue weighted by Gasteiger charge is 2.14. The lowest BCUT2D eigenvalue weighted by atomic mass is 10.3. The van der Waals surface area contributed by atoms with Gasteiger partial charge in [0.25, 0.3) is 0 Å². The van der Waals surface area contributed by atoms with Gasteiger partial charge in [0, 0.05) is 19.1 Å². The SMILES string of the molecule is O=C(NCC1COCCN1)Nc1ccccc1F. The fourth-order valence-corrected chi connectivity index (χ4v) is 1.70. The molecule has 2 amide bonds. The molecule has 1 aromatic carbocycles. The van der Waals surface area contributed by atoms with Crippen molar-refractivity contribution in [1.29, 1.82) is 0 Å². The number of urea groups is 1. The highest BCUT2D eigenvalue weighted by molar-refractivity contribution is 5.89. The maximum absolute atomic E-state index is 13.3. The van der Waals surface area contributed by atoms with E-state index in [1.807, 2.05) is 0 Å². The number of anilines is 1. The van der Waals surface area contributed by atoms with E-state index in [2.05, 4.69) is 16.0 Å². The molecular formula is C12H16FN3O2. The quantitative estimate of drug-likeness (QED) is 0.751. The van der Waals surface area contributed by atoms with Crippen LogP contribution in [-0.2, 0) is 4.74 Å². The lowest BCUT2D eigenvalue weighted by molar-refractivity contribution is 0.0776. The second-order valence-electron chi connectivity index (χ2n) is 4.04. The predicted octanol–water partition coefficient (Wildman–Crippen LogP) is 0.936. The Morgan fingerprint density at radius 2 is 2.33 bits per heavy atom.